The normalized spacial score (nSPS) is 20.3. The smallest absolute Gasteiger partial charge is 0.716 e. The molecule has 8 nitrogen and oxygen atoms in total. The topological polar surface area (TPSA) is 133 Å². The van der Waals surface area contributed by atoms with E-state index in [0.717, 1.165) is 65.3 Å². The van der Waals surface area contributed by atoms with E-state index in [1.807, 2.05) is 48.5 Å². The van der Waals surface area contributed by atoms with Gasteiger partial charge < -0.3 is 17.5 Å². The molecule has 0 amide bonds. The van der Waals surface area contributed by atoms with Crippen LogP contribution >= 0.6 is 0 Å². The predicted molar refractivity (Wildman–Crippen MR) is 187 cm³/mol. The summed E-state index contributed by atoms with van der Waals surface area (Å²) in [6.45, 7) is 0. The molecule has 12 heteroatoms. The Kier molecular flexibility index (Phi) is 7.85. The second kappa shape index (κ2) is 11.7. The van der Waals surface area contributed by atoms with Crippen LogP contribution in [0, 0.1) is 0 Å². The van der Waals surface area contributed by atoms with Gasteiger partial charge in [0.1, 0.15) is 11.5 Å². The molecule has 4 bridgehead atoms. The maximum atomic E-state index is 12.5. The van der Waals surface area contributed by atoms with Crippen LogP contribution in [0.25, 0.3) is 43.1 Å². The van der Waals surface area contributed by atoms with Crippen molar-refractivity contribution in [1.29, 1.82) is 0 Å². The molecule has 4 aliphatic carbocycles. The fourth-order valence-corrected chi connectivity index (χ4v) is 10.6. The van der Waals surface area contributed by atoms with E-state index in [2.05, 4.69) is 48.5 Å². The van der Waals surface area contributed by atoms with Gasteiger partial charge in [-0.2, -0.15) is 0 Å². The third kappa shape index (κ3) is 5.00. The molecule has 0 fully saturated rings. The summed E-state index contributed by atoms with van der Waals surface area (Å²) < 4.78 is 85.6. The largest absolute Gasteiger partial charge is 1.00 e. The summed E-state index contributed by atoms with van der Waals surface area (Å²) in [5.41, 5.74) is 5.49. The van der Waals surface area contributed by atoms with Gasteiger partial charge in [-0.3, -0.25) is 0 Å². The molecule has 246 valence electrons. The first-order valence-electron chi connectivity index (χ1n) is 16.5. The molecule has 0 N–H and O–H groups in total. The Hall–Kier alpha value is -3.00. The van der Waals surface area contributed by atoms with E-state index in [1.165, 1.54) is 0 Å². The van der Waals surface area contributed by atoms with Crippen molar-refractivity contribution in [1.82, 2.24) is 0 Å². The molecule has 0 heterocycles. The number of fused-ring (bicyclic) bond motifs is 20. The second-order valence-corrected chi connectivity index (χ2v) is 16.0. The van der Waals surface area contributed by atoms with Gasteiger partial charge in [0.15, 0.2) is 0 Å². The quantitative estimate of drug-likeness (QED) is 0.116. The number of hydrogen-bond acceptors (Lipinski definition) is 8. The molecular formula is C40H24Na2O8S2. The Morgan fingerprint density at radius 2 is 0.673 bits per heavy atom. The Balaban J connectivity index is 0.00000180. The fraction of sp³-hybridized carbons (Fsp3) is 0.150. The Morgan fingerprint density at radius 3 is 0.904 bits per heavy atom. The molecule has 0 radical (unpaired) electrons. The van der Waals surface area contributed by atoms with Crippen LogP contribution in [0.15, 0.2) is 97.1 Å². The Bertz CT molecular complexity index is 2620. The van der Waals surface area contributed by atoms with Crippen LogP contribution in [-0.2, 0) is 20.8 Å². The van der Waals surface area contributed by atoms with E-state index in [4.69, 9.17) is 8.37 Å². The van der Waals surface area contributed by atoms with Crippen LogP contribution in [0.1, 0.15) is 81.0 Å². The summed E-state index contributed by atoms with van der Waals surface area (Å²) in [4.78, 5) is 0. The predicted octanol–water partition coefficient (Wildman–Crippen LogP) is 1.95. The van der Waals surface area contributed by atoms with Gasteiger partial charge in [0.25, 0.3) is 20.8 Å². The molecule has 0 aliphatic heterocycles. The van der Waals surface area contributed by atoms with Gasteiger partial charge >= 0.3 is 59.1 Å². The zero-order chi connectivity index (χ0) is 33.8. The molecule has 4 atom stereocenters. The van der Waals surface area contributed by atoms with E-state index in [0.29, 0.717) is 35.1 Å². The molecule has 7 aromatic carbocycles. The Morgan fingerprint density at radius 1 is 0.423 bits per heavy atom. The standard InChI is InChI=1S/C40H26O8S2.2Na/c41-49(42,43)47-39-35-31-17-32(28-14-24-10-20-6-2-1-5-19(20)9-23(24)13-27(28)31)36(35)40(48-50(44,45)46)38-34-18-33(37(38)39)29-15-25-11-21-7-3-4-8-22(21)12-26(25)16-30(29)34;;/h1-16,31-34H,17-18H2,(H,41,42,43)(H,44,45,46);;/q;2*+1/p-2/t31-,32+,33-,34+;;. The van der Waals surface area contributed by atoms with Crippen LogP contribution in [0.4, 0.5) is 0 Å². The maximum Gasteiger partial charge on any atom is 1.00 e. The van der Waals surface area contributed by atoms with E-state index < -0.39 is 44.5 Å². The number of rotatable bonds is 4. The van der Waals surface area contributed by atoms with Gasteiger partial charge in [-0.1, -0.05) is 72.8 Å². The summed E-state index contributed by atoms with van der Waals surface area (Å²) in [5.74, 6) is -1.70. The van der Waals surface area contributed by atoms with Crippen LogP contribution < -0.4 is 67.5 Å². The molecule has 7 aromatic rings. The summed E-state index contributed by atoms with van der Waals surface area (Å²) in [5, 5.41) is 8.32. The average molecular weight is 743 g/mol. The molecule has 4 aliphatic rings. The molecule has 0 saturated carbocycles. The zero-order valence-electron chi connectivity index (χ0n) is 28.0. The molecule has 0 spiro atoms. The van der Waals surface area contributed by atoms with Gasteiger partial charge in [0, 0.05) is 45.9 Å². The SMILES string of the molecule is O=S(=O)([O-])Oc1c2c(c(OS(=O)(=O)[O-])c3c1[C@@H]1C[C@H]3c3cc4cc5ccccc5cc4cc31)[C@H]1C[C@@H]2c2cc3cc4ccccc4cc3cc21.[Na+].[Na+]. The molecule has 0 unspecified atom stereocenters. The first-order valence-corrected chi connectivity index (χ1v) is 19.1. The molecule has 0 aromatic heterocycles. The monoisotopic (exact) mass is 742 g/mol. The molecular weight excluding hydrogens is 719 g/mol. The molecule has 0 saturated heterocycles. The number of benzene rings is 7. The van der Waals surface area contributed by atoms with Gasteiger partial charge in [-0.25, -0.2) is 16.8 Å². The van der Waals surface area contributed by atoms with Crippen molar-refractivity contribution in [3.8, 4) is 11.5 Å². The van der Waals surface area contributed by atoms with Crippen molar-refractivity contribution in [3.05, 3.63) is 142 Å². The summed E-state index contributed by atoms with van der Waals surface area (Å²) in [6.07, 6.45) is 0.985. The fourth-order valence-electron chi connectivity index (χ4n) is 9.88. The van der Waals surface area contributed by atoms with E-state index in [-0.39, 0.29) is 70.6 Å². The van der Waals surface area contributed by atoms with E-state index in [1.54, 1.807) is 0 Å². The van der Waals surface area contributed by atoms with Gasteiger partial charge in [-0.15, -0.1) is 0 Å². The van der Waals surface area contributed by atoms with Gasteiger partial charge in [0.2, 0.25) is 0 Å². The van der Waals surface area contributed by atoms with Crippen LogP contribution in [0.3, 0.4) is 0 Å². The maximum absolute atomic E-state index is 12.5. The minimum absolute atomic E-state index is 0. The summed E-state index contributed by atoms with van der Waals surface area (Å²) in [6, 6.07) is 32.9. The van der Waals surface area contributed by atoms with Crippen molar-refractivity contribution >= 4 is 63.9 Å². The van der Waals surface area contributed by atoms with Crippen molar-refractivity contribution < 1.29 is 93.4 Å². The van der Waals surface area contributed by atoms with Crippen LogP contribution in [-0.4, -0.2) is 25.9 Å². The van der Waals surface area contributed by atoms with Crippen LogP contribution in [0.5, 0.6) is 11.5 Å². The van der Waals surface area contributed by atoms with E-state index >= 15 is 0 Å². The zero-order valence-corrected chi connectivity index (χ0v) is 33.7. The van der Waals surface area contributed by atoms with Gasteiger partial charge in [0.05, 0.1) is 0 Å². The summed E-state index contributed by atoms with van der Waals surface area (Å²) in [7, 11) is -10.5. The number of hydrogen-bond donors (Lipinski definition) is 0. The summed E-state index contributed by atoms with van der Waals surface area (Å²) >= 11 is 0. The first kappa shape index (κ1) is 34.7. The van der Waals surface area contributed by atoms with Crippen molar-refractivity contribution in [2.24, 2.45) is 0 Å². The average Bonchev–Trinajstić information content (AvgIpc) is 3.83. The molecule has 52 heavy (non-hydrogen) atoms. The third-order valence-corrected chi connectivity index (χ3v) is 12.3. The third-order valence-electron chi connectivity index (χ3n) is 11.6. The van der Waals surface area contributed by atoms with Crippen molar-refractivity contribution in [2.75, 3.05) is 0 Å². The van der Waals surface area contributed by atoms with Crippen molar-refractivity contribution in [3.63, 3.8) is 0 Å². The second-order valence-electron chi connectivity index (χ2n) is 14.0. The molecule has 11 rings (SSSR count). The Labute approximate surface area is 343 Å². The van der Waals surface area contributed by atoms with Crippen LogP contribution in [0.2, 0.25) is 0 Å². The minimum Gasteiger partial charge on any atom is -0.716 e. The van der Waals surface area contributed by atoms with Crippen molar-refractivity contribution in [2.45, 2.75) is 36.5 Å². The van der Waals surface area contributed by atoms with E-state index in [9.17, 15) is 25.9 Å². The van der Waals surface area contributed by atoms with Gasteiger partial charge in [-0.05, 0) is 102 Å². The first-order chi connectivity index (χ1) is 24.0. The minimum atomic E-state index is -5.25.